The molecule has 0 saturated carbocycles. The predicted molar refractivity (Wildman–Crippen MR) is 58.0 cm³/mol. The molecule has 1 amide bonds. The fourth-order valence-electron chi connectivity index (χ4n) is 1.36. The molecular formula is C11H15FN2O. The van der Waals surface area contributed by atoms with Gasteiger partial charge in [0.05, 0.1) is 5.69 Å². The molecule has 0 aliphatic heterocycles. The predicted octanol–water partition coefficient (Wildman–Crippen LogP) is 1.81. The molecule has 0 spiro atoms. The van der Waals surface area contributed by atoms with E-state index in [9.17, 15) is 9.18 Å². The van der Waals surface area contributed by atoms with E-state index in [-0.39, 0.29) is 5.82 Å². The molecule has 1 aromatic carbocycles. The van der Waals surface area contributed by atoms with E-state index in [4.69, 9.17) is 5.73 Å². The van der Waals surface area contributed by atoms with Crippen molar-refractivity contribution in [3.05, 3.63) is 29.6 Å². The van der Waals surface area contributed by atoms with Gasteiger partial charge in [-0.15, -0.1) is 0 Å². The van der Waals surface area contributed by atoms with Crippen molar-refractivity contribution in [1.82, 2.24) is 0 Å². The number of carbonyl (C=O) groups is 1. The molecule has 0 heterocycles. The van der Waals surface area contributed by atoms with E-state index in [1.54, 1.807) is 19.1 Å². The first kappa shape index (κ1) is 11.5. The summed E-state index contributed by atoms with van der Waals surface area (Å²) in [7, 11) is 0. The van der Waals surface area contributed by atoms with Crippen molar-refractivity contribution in [3.8, 4) is 0 Å². The number of rotatable bonds is 4. The third-order valence-electron chi connectivity index (χ3n) is 2.29. The second kappa shape index (κ2) is 4.77. The van der Waals surface area contributed by atoms with Crippen molar-refractivity contribution in [2.24, 2.45) is 5.73 Å². The van der Waals surface area contributed by atoms with Crippen LogP contribution in [0.3, 0.4) is 0 Å². The van der Waals surface area contributed by atoms with Crippen LogP contribution in [-0.4, -0.2) is 11.9 Å². The molecule has 4 heteroatoms. The third kappa shape index (κ3) is 2.68. The topological polar surface area (TPSA) is 55.1 Å². The molecule has 0 aliphatic carbocycles. The molecule has 3 N–H and O–H groups in total. The van der Waals surface area contributed by atoms with E-state index in [1.807, 2.05) is 6.92 Å². The lowest BCUT2D eigenvalue weighted by atomic mass is 10.1. The zero-order valence-corrected chi connectivity index (χ0v) is 8.88. The SMILES string of the molecule is CCC(Nc1c(C)cccc1F)C(N)=O. The molecule has 1 rings (SSSR count). The molecule has 0 aromatic heterocycles. The highest BCUT2D eigenvalue weighted by Gasteiger charge is 2.15. The lowest BCUT2D eigenvalue weighted by molar-refractivity contribution is -0.118. The summed E-state index contributed by atoms with van der Waals surface area (Å²) in [6.07, 6.45) is 0.531. The summed E-state index contributed by atoms with van der Waals surface area (Å²) in [4.78, 5) is 11.0. The summed E-state index contributed by atoms with van der Waals surface area (Å²) in [5, 5.41) is 2.82. The number of para-hydroxylation sites is 1. The second-order valence-electron chi connectivity index (χ2n) is 3.44. The second-order valence-corrected chi connectivity index (χ2v) is 3.44. The van der Waals surface area contributed by atoms with Crippen LogP contribution in [0.5, 0.6) is 0 Å². The van der Waals surface area contributed by atoms with Crippen LogP contribution in [0.15, 0.2) is 18.2 Å². The zero-order chi connectivity index (χ0) is 11.4. The number of primary amides is 1. The van der Waals surface area contributed by atoms with Crippen LogP contribution in [-0.2, 0) is 4.79 Å². The van der Waals surface area contributed by atoms with Crippen molar-refractivity contribution in [3.63, 3.8) is 0 Å². The first-order valence-electron chi connectivity index (χ1n) is 4.87. The quantitative estimate of drug-likeness (QED) is 0.796. The van der Waals surface area contributed by atoms with Crippen LogP contribution in [0.2, 0.25) is 0 Å². The largest absolute Gasteiger partial charge is 0.371 e. The number of benzene rings is 1. The Bertz CT molecular complexity index is 345. The van der Waals surface area contributed by atoms with Gasteiger partial charge in [0.2, 0.25) is 5.91 Å². The van der Waals surface area contributed by atoms with Gasteiger partial charge in [0.15, 0.2) is 0 Å². The average Bonchev–Trinajstić information content (AvgIpc) is 2.17. The van der Waals surface area contributed by atoms with Gasteiger partial charge in [-0.1, -0.05) is 19.1 Å². The smallest absolute Gasteiger partial charge is 0.239 e. The summed E-state index contributed by atoms with van der Waals surface area (Å²) in [6.45, 7) is 3.59. The Kier molecular flexibility index (Phi) is 3.66. The average molecular weight is 210 g/mol. The first-order chi connectivity index (χ1) is 7.06. The Morgan fingerprint density at radius 3 is 2.73 bits per heavy atom. The van der Waals surface area contributed by atoms with E-state index in [0.29, 0.717) is 12.1 Å². The fourth-order valence-corrected chi connectivity index (χ4v) is 1.36. The van der Waals surface area contributed by atoms with Crippen molar-refractivity contribution in [2.45, 2.75) is 26.3 Å². The van der Waals surface area contributed by atoms with Gasteiger partial charge in [-0.25, -0.2) is 4.39 Å². The van der Waals surface area contributed by atoms with Crippen LogP contribution in [0, 0.1) is 12.7 Å². The van der Waals surface area contributed by atoms with Crippen molar-refractivity contribution in [1.29, 1.82) is 0 Å². The molecule has 0 saturated heterocycles. The Morgan fingerprint density at radius 1 is 1.60 bits per heavy atom. The molecule has 15 heavy (non-hydrogen) atoms. The number of amides is 1. The Morgan fingerprint density at radius 2 is 2.27 bits per heavy atom. The number of hydrogen-bond donors (Lipinski definition) is 2. The lowest BCUT2D eigenvalue weighted by Crippen LogP contribution is -2.35. The van der Waals surface area contributed by atoms with E-state index in [0.717, 1.165) is 5.56 Å². The Balaban J connectivity index is 2.92. The molecule has 82 valence electrons. The van der Waals surface area contributed by atoms with E-state index < -0.39 is 11.9 Å². The zero-order valence-electron chi connectivity index (χ0n) is 8.88. The minimum absolute atomic E-state index is 0.350. The Labute approximate surface area is 88.5 Å². The van der Waals surface area contributed by atoms with Gasteiger partial charge in [-0.05, 0) is 25.0 Å². The number of carbonyl (C=O) groups excluding carboxylic acids is 1. The fraction of sp³-hybridized carbons (Fsp3) is 0.364. The normalized spacial score (nSPS) is 12.2. The van der Waals surface area contributed by atoms with Gasteiger partial charge in [0.25, 0.3) is 0 Å². The molecule has 3 nitrogen and oxygen atoms in total. The first-order valence-corrected chi connectivity index (χ1v) is 4.87. The summed E-state index contributed by atoms with van der Waals surface area (Å²) >= 11 is 0. The number of hydrogen-bond acceptors (Lipinski definition) is 2. The van der Waals surface area contributed by atoms with Gasteiger partial charge in [0.1, 0.15) is 11.9 Å². The molecular weight excluding hydrogens is 195 g/mol. The van der Waals surface area contributed by atoms with Gasteiger partial charge in [-0.2, -0.15) is 0 Å². The number of aryl methyl sites for hydroxylation is 1. The maximum Gasteiger partial charge on any atom is 0.239 e. The summed E-state index contributed by atoms with van der Waals surface area (Å²) in [5.74, 6) is -0.838. The molecule has 0 aliphatic rings. The maximum absolute atomic E-state index is 13.4. The molecule has 1 unspecified atom stereocenters. The van der Waals surface area contributed by atoms with Crippen LogP contribution in [0.4, 0.5) is 10.1 Å². The molecule has 0 radical (unpaired) electrons. The standard InChI is InChI=1S/C11H15FN2O/c1-3-9(11(13)15)14-10-7(2)5-4-6-8(10)12/h4-6,9,14H,3H2,1-2H3,(H2,13,15). The van der Waals surface area contributed by atoms with Crippen molar-refractivity contribution < 1.29 is 9.18 Å². The summed E-state index contributed by atoms with van der Waals surface area (Å²) < 4.78 is 13.4. The molecule has 0 fully saturated rings. The molecule has 1 atom stereocenters. The van der Waals surface area contributed by atoms with Gasteiger partial charge in [-0.3, -0.25) is 4.79 Å². The van der Waals surface area contributed by atoms with Crippen molar-refractivity contribution in [2.75, 3.05) is 5.32 Å². The molecule has 0 bridgehead atoms. The molecule has 1 aromatic rings. The van der Waals surface area contributed by atoms with E-state index >= 15 is 0 Å². The van der Waals surface area contributed by atoms with Gasteiger partial charge >= 0.3 is 0 Å². The maximum atomic E-state index is 13.4. The Hall–Kier alpha value is -1.58. The number of anilines is 1. The van der Waals surface area contributed by atoms with E-state index in [1.165, 1.54) is 6.07 Å². The summed E-state index contributed by atoms with van der Waals surface area (Å²) in [5.41, 5.74) is 6.28. The minimum Gasteiger partial charge on any atom is -0.371 e. The number of nitrogens with one attached hydrogen (secondary N) is 1. The monoisotopic (exact) mass is 210 g/mol. The van der Waals surface area contributed by atoms with Crippen LogP contribution >= 0.6 is 0 Å². The third-order valence-corrected chi connectivity index (χ3v) is 2.29. The number of nitrogens with two attached hydrogens (primary N) is 1. The highest BCUT2D eigenvalue weighted by molar-refractivity contribution is 5.83. The van der Waals surface area contributed by atoms with Crippen molar-refractivity contribution >= 4 is 11.6 Å². The van der Waals surface area contributed by atoms with Crippen LogP contribution < -0.4 is 11.1 Å². The highest BCUT2D eigenvalue weighted by Crippen LogP contribution is 2.20. The lowest BCUT2D eigenvalue weighted by Gasteiger charge is -2.16. The van der Waals surface area contributed by atoms with Crippen LogP contribution in [0.1, 0.15) is 18.9 Å². The van der Waals surface area contributed by atoms with Gasteiger partial charge in [0, 0.05) is 0 Å². The van der Waals surface area contributed by atoms with Gasteiger partial charge < -0.3 is 11.1 Å². The van der Waals surface area contributed by atoms with Crippen LogP contribution in [0.25, 0.3) is 0 Å². The summed E-state index contributed by atoms with van der Waals surface area (Å²) in [6, 6.07) is 4.23. The number of halogens is 1. The highest BCUT2D eigenvalue weighted by atomic mass is 19.1. The van der Waals surface area contributed by atoms with E-state index in [2.05, 4.69) is 5.32 Å². The minimum atomic E-state index is -0.527.